The van der Waals surface area contributed by atoms with Crippen molar-refractivity contribution in [3.05, 3.63) is 264 Å². The number of benzene rings is 10. The van der Waals surface area contributed by atoms with E-state index >= 15 is 0 Å². The van der Waals surface area contributed by atoms with Gasteiger partial charge in [-0.2, -0.15) is 0 Å². The average molecular weight is 977 g/mol. The first-order valence-corrected chi connectivity index (χ1v) is 23.3. The molecule has 0 fully saturated rings. The van der Waals surface area contributed by atoms with Gasteiger partial charge in [0, 0.05) is 39.5 Å². The predicted molar refractivity (Wildman–Crippen MR) is 275 cm³/mol. The molecule has 0 unspecified atom stereocenters. The zero-order chi connectivity index (χ0) is 50.7. The fourth-order valence-electron chi connectivity index (χ4n) is 9.80. The zero-order valence-electron chi connectivity index (χ0n) is 39.0. The zero-order valence-corrected chi connectivity index (χ0v) is 39.0. The second-order valence-corrected chi connectivity index (χ2v) is 18.5. The van der Waals surface area contributed by atoms with Crippen LogP contribution in [0.4, 0.5) is 69.2 Å². The van der Waals surface area contributed by atoms with E-state index in [0.29, 0.717) is 44.5 Å². The lowest BCUT2D eigenvalue weighted by Gasteiger charge is -2.29. The summed E-state index contributed by atoms with van der Waals surface area (Å²) in [7, 11) is 0. The smallest absolute Gasteiger partial charge is 0.159 e. The van der Waals surface area contributed by atoms with Crippen LogP contribution in [0.1, 0.15) is 25.0 Å². The van der Waals surface area contributed by atoms with Gasteiger partial charge in [0.25, 0.3) is 0 Å². The van der Waals surface area contributed by atoms with E-state index in [4.69, 9.17) is 0 Å². The van der Waals surface area contributed by atoms with Gasteiger partial charge in [-0.15, -0.1) is 0 Å². The van der Waals surface area contributed by atoms with Crippen LogP contribution in [-0.2, 0) is 5.41 Å². The summed E-state index contributed by atoms with van der Waals surface area (Å²) in [6.07, 6.45) is 0. The topological polar surface area (TPSA) is 6.48 Å². The van der Waals surface area contributed by atoms with E-state index < -0.39 is 52.0 Å². The quantitative estimate of drug-likeness (QED) is 0.126. The minimum Gasteiger partial charge on any atom is -0.310 e. The van der Waals surface area contributed by atoms with Crippen LogP contribution in [0.15, 0.2) is 206 Å². The molecule has 0 saturated carbocycles. The van der Waals surface area contributed by atoms with Crippen molar-refractivity contribution in [2.24, 2.45) is 0 Å². The van der Waals surface area contributed by atoms with Gasteiger partial charge in [-0.3, -0.25) is 0 Å². The van der Waals surface area contributed by atoms with Gasteiger partial charge in [-0.1, -0.05) is 98.8 Å². The molecule has 0 amide bonds. The van der Waals surface area contributed by atoms with E-state index in [-0.39, 0.29) is 0 Å². The number of rotatable bonds is 10. The highest BCUT2D eigenvalue weighted by molar-refractivity contribution is 5.89. The maximum atomic E-state index is 14.3. The minimum absolute atomic E-state index is 0.514. The molecule has 10 aromatic carbocycles. The summed E-state index contributed by atoms with van der Waals surface area (Å²) in [6.45, 7) is 4.33. The number of halogens is 8. The molecule has 0 heterocycles. The molecule has 11 rings (SSSR count). The average Bonchev–Trinajstić information content (AvgIpc) is 3.63. The molecule has 0 spiro atoms. The summed E-state index contributed by atoms with van der Waals surface area (Å²) in [5, 5.41) is 0. The number of fused-ring (bicyclic) bond motifs is 3. The highest BCUT2D eigenvalue weighted by Crippen LogP contribution is 2.53. The lowest BCUT2D eigenvalue weighted by molar-refractivity contribution is 0.509. The summed E-state index contributed by atoms with van der Waals surface area (Å²) in [6, 6.07) is 57.7. The Morgan fingerprint density at radius 2 is 0.452 bits per heavy atom. The third-order valence-corrected chi connectivity index (χ3v) is 13.7. The van der Waals surface area contributed by atoms with Gasteiger partial charge in [0.15, 0.2) is 46.5 Å². The molecule has 1 aliphatic carbocycles. The van der Waals surface area contributed by atoms with Gasteiger partial charge >= 0.3 is 0 Å². The van der Waals surface area contributed by atoms with Crippen molar-refractivity contribution < 1.29 is 35.1 Å². The molecule has 0 saturated heterocycles. The molecule has 2 nitrogen and oxygen atoms in total. The Labute approximate surface area is 416 Å². The van der Waals surface area contributed by atoms with Crippen molar-refractivity contribution in [1.82, 2.24) is 0 Å². The first-order chi connectivity index (χ1) is 35.2. The van der Waals surface area contributed by atoms with Gasteiger partial charge in [0.1, 0.15) is 0 Å². The second-order valence-electron chi connectivity index (χ2n) is 18.5. The second kappa shape index (κ2) is 18.4. The standard InChI is InChI=1S/C63H40F8N2/c1-63(2)53-35-49(72(45-15-3-37(4-16-45)41-11-27-55(64)59(68)31-41)46-17-5-38(6-18-46)42-12-28-56(65)60(69)32-42)23-25-51(53)52-26-24-50(36-54(52)63)73(47-19-7-39(8-20-47)43-13-29-57(66)61(70)33-43)48-21-9-40(10-22-48)44-14-30-58(67)62(71)34-44/h3-36H,1-2H3. The van der Waals surface area contributed by atoms with Gasteiger partial charge in [0.2, 0.25) is 0 Å². The van der Waals surface area contributed by atoms with Gasteiger partial charge in [0.05, 0.1) is 0 Å². The molecular weight excluding hydrogens is 937 g/mol. The van der Waals surface area contributed by atoms with Gasteiger partial charge in [-0.05, 0) is 188 Å². The van der Waals surface area contributed by atoms with Crippen LogP contribution >= 0.6 is 0 Å². The third kappa shape index (κ3) is 8.69. The van der Waals surface area contributed by atoms with Crippen molar-refractivity contribution in [3.8, 4) is 55.6 Å². The van der Waals surface area contributed by atoms with Gasteiger partial charge in [-0.25, -0.2) is 35.1 Å². The Morgan fingerprint density at radius 3 is 0.685 bits per heavy atom. The summed E-state index contributed by atoms with van der Waals surface area (Å²) < 4.78 is 113. The van der Waals surface area contributed by atoms with Crippen molar-refractivity contribution in [2.75, 3.05) is 9.80 Å². The molecular formula is C63H40F8N2. The maximum Gasteiger partial charge on any atom is 0.159 e. The maximum absolute atomic E-state index is 14.3. The Kier molecular flexibility index (Phi) is 11.8. The van der Waals surface area contributed by atoms with E-state index in [2.05, 4.69) is 47.9 Å². The Bertz CT molecular complexity index is 3300. The monoisotopic (exact) mass is 976 g/mol. The molecule has 358 valence electrons. The molecule has 0 aliphatic heterocycles. The van der Waals surface area contributed by atoms with Crippen LogP contribution in [0.5, 0.6) is 0 Å². The fourth-order valence-corrected chi connectivity index (χ4v) is 9.80. The number of anilines is 6. The molecule has 73 heavy (non-hydrogen) atoms. The van der Waals surface area contributed by atoms with Crippen LogP contribution in [0.3, 0.4) is 0 Å². The normalized spacial score (nSPS) is 12.4. The molecule has 0 bridgehead atoms. The van der Waals surface area contributed by atoms with Gasteiger partial charge < -0.3 is 9.80 Å². The molecule has 10 aromatic rings. The summed E-state index contributed by atoms with van der Waals surface area (Å²) in [4.78, 5) is 4.15. The molecule has 0 atom stereocenters. The minimum atomic E-state index is -0.946. The SMILES string of the molecule is CC1(C)c2cc(N(c3ccc(-c4ccc(F)c(F)c4)cc3)c3ccc(-c4ccc(F)c(F)c4)cc3)ccc2-c2ccc(N(c3ccc(-c4ccc(F)c(F)c4)cc3)c3ccc(-c4ccc(F)c(F)c4)cc3)cc21. The van der Waals surface area contributed by atoms with Crippen LogP contribution in [0.25, 0.3) is 55.6 Å². The highest BCUT2D eigenvalue weighted by Gasteiger charge is 2.37. The van der Waals surface area contributed by atoms with Crippen molar-refractivity contribution in [3.63, 3.8) is 0 Å². The third-order valence-electron chi connectivity index (χ3n) is 13.7. The lowest BCUT2D eigenvalue weighted by atomic mass is 9.82. The lowest BCUT2D eigenvalue weighted by Crippen LogP contribution is -2.17. The van der Waals surface area contributed by atoms with E-state index in [9.17, 15) is 35.1 Å². The van der Waals surface area contributed by atoms with Crippen LogP contribution < -0.4 is 9.80 Å². The summed E-state index contributed by atoms with van der Waals surface area (Å²) in [5.41, 5.74) is 13.2. The first-order valence-electron chi connectivity index (χ1n) is 23.3. The molecule has 0 radical (unpaired) electrons. The van der Waals surface area contributed by atoms with Crippen LogP contribution in [0, 0.1) is 46.5 Å². The number of hydrogen-bond donors (Lipinski definition) is 0. The highest BCUT2D eigenvalue weighted by atomic mass is 19.2. The number of hydrogen-bond acceptors (Lipinski definition) is 2. The van der Waals surface area contributed by atoms with E-state index in [1.807, 2.05) is 109 Å². The first kappa shape index (κ1) is 46.6. The van der Waals surface area contributed by atoms with Crippen molar-refractivity contribution in [1.29, 1.82) is 0 Å². The van der Waals surface area contributed by atoms with E-state index in [1.165, 1.54) is 24.3 Å². The Balaban J connectivity index is 0.979. The fraction of sp³-hybridized carbons (Fsp3) is 0.0476. The van der Waals surface area contributed by atoms with Crippen LogP contribution in [0.2, 0.25) is 0 Å². The van der Waals surface area contributed by atoms with Crippen molar-refractivity contribution >= 4 is 34.1 Å². The summed E-state index contributed by atoms with van der Waals surface area (Å²) >= 11 is 0. The molecule has 10 heteroatoms. The Hall–Kier alpha value is -8.76. The predicted octanol–water partition coefficient (Wildman–Crippen LogP) is 18.7. The summed E-state index contributed by atoms with van der Waals surface area (Å²) in [5.74, 6) is -7.52. The van der Waals surface area contributed by atoms with E-state index in [0.717, 1.165) is 105 Å². The van der Waals surface area contributed by atoms with Crippen molar-refractivity contribution in [2.45, 2.75) is 19.3 Å². The molecule has 0 N–H and O–H groups in total. The largest absolute Gasteiger partial charge is 0.310 e. The molecule has 1 aliphatic rings. The number of nitrogens with zero attached hydrogens (tertiary/aromatic N) is 2. The Morgan fingerprint density at radius 1 is 0.233 bits per heavy atom. The molecule has 0 aromatic heterocycles. The van der Waals surface area contributed by atoms with Crippen LogP contribution in [-0.4, -0.2) is 0 Å². The van der Waals surface area contributed by atoms with E-state index in [1.54, 1.807) is 0 Å².